The zero-order valence-electron chi connectivity index (χ0n) is 11.6. The number of carbonyl (C=O) groups is 1. The first-order valence-electron chi connectivity index (χ1n) is 6.36. The molecule has 1 aromatic rings. The average Bonchev–Trinajstić information content (AvgIpc) is 2.31. The van der Waals surface area contributed by atoms with Crippen molar-refractivity contribution < 1.29 is 23.8 Å². The van der Waals surface area contributed by atoms with Crippen molar-refractivity contribution in [2.24, 2.45) is 5.92 Å². The molecule has 4 nitrogen and oxygen atoms in total. The number of amides is 1. The maximum absolute atomic E-state index is 13.3. The molecular weight excluding hydrogens is 268 g/mol. The van der Waals surface area contributed by atoms with Gasteiger partial charge in [0.25, 0.3) is 0 Å². The molecule has 3 atom stereocenters. The molecule has 0 saturated heterocycles. The van der Waals surface area contributed by atoms with E-state index in [1.54, 1.807) is 13.8 Å². The summed E-state index contributed by atoms with van der Waals surface area (Å²) in [6.45, 7) is 5.07. The summed E-state index contributed by atoms with van der Waals surface area (Å²) in [6.07, 6.45) is -2.14. The van der Waals surface area contributed by atoms with Gasteiger partial charge in [-0.15, -0.1) is 0 Å². The van der Waals surface area contributed by atoms with Gasteiger partial charge in [-0.05, 0) is 30.5 Å². The van der Waals surface area contributed by atoms with Crippen molar-refractivity contribution in [3.8, 4) is 0 Å². The maximum Gasteiger partial charge on any atom is 0.404 e. The first-order valence-corrected chi connectivity index (χ1v) is 6.36. The third kappa shape index (κ3) is 3.90. The molecular formula is C14H19F2NO3. The molecule has 112 valence electrons. The van der Waals surface area contributed by atoms with Crippen molar-refractivity contribution in [3.05, 3.63) is 35.4 Å². The molecule has 1 rings (SSSR count). The topological polar surface area (TPSA) is 69.6 Å². The molecule has 1 aromatic carbocycles. The summed E-state index contributed by atoms with van der Waals surface area (Å²) in [7, 11) is 0. The average molecular weight is 287 g/mol. The Balaban J connectivity index is 3.19. The molecule has 6 heteroatoms. The van der Waals surface area contributed by atoms with Crippen LogP contribution in [0.15, 0.2) is 18.2 Å². The van der Waals surface area contributed by atoms with E-state index < -0.39 is 35.8 Å². The summed E-state index contributed by atoms with van der Waals surface area (Å²) in [5, 5.41) is 21.1. The van der Waals surface area contributed by atoms with Crippen molar-refractivity contribution in [3.63, 3.8) is 0 Å². The summed E-state index contributed by atoms with van der Waals surface area (Å²) < 4.78 is 26.3. The summed E-state index contributed by atoms with van der Waals surface area (Å²) in [6, 6.07) is 2.70. The summed E-state index contributed by atoms with van der Waals surface area (Å²) >= 11 is 0. The lowest BCUT2D eigenvalue weighted by Gasteiger charge is -2.32. The molecule has 0 aliphatic carbocycles. The minimum atomic E-state index is -1.23. The van der Waals surface area contributed by atoms with Gasteiger partial charge in [0.05, 0.1) is 6.10 Å². The molecule has 1 amide bonds. The van der Waals surface area contributed by atoms with Gasteiger partial charge in [0, 0.05) is 12.0 Å². The van der Waals surface area contributed by atoms with Crippen LogP contribution in [0.25, 0.3) is 0 Å². The lowest BCUT2D eigenvalue weighted by Crippen LogP contribution is -2.45. The van der Waals surface area contributed by atoms with E-state index >= 15 is 0 Å². The van der Waals surface area contributed by atoms with Gasteiger partial charge in [0.2, 0.25) is 0 Å². The van der Waals surface area contributed by atoms with Gasteiger partial charge >= 0.3 is 6.09 Å². The Morgan fingerprint density at radius 3 is 2.20 bits per heavy atom. The molecule has 0 bridgehead atoms. The molecule has 0 aliphatic rings. The van der Waals surface area contributed by atoms with E-state index in [4.69, 9.17) is 5.11 Å². The van der Waals surface area contributed by atoms with Gasteiger partial charge in [-0.3, -0.25) is 0 Å². The monoisotopic (exact) mass is 287 g/mol. The molecule has 0 aliphatic heterocycles. The molecule has 3 unspecified atom stereocenters. The van der Waals surface area contributed by atoms with E-state index in [2.05, 4.69) is 5.32 Å². The highest BCUT2D eigenvalue weighted by molar-refractivity contribution is 5.65. The predicted octanol–water partition coefficient (Wildman–Crippen LogP) is 2.72. The number of hydrogen-bond acceptors (Lipinski definition) is 2. The normalized spacial score (nSPS) is 15.8. The Morgan fingerprint density at radius 1 is 1.20 bits per heavy atom. The molecule has 20 heavy (non-hydrogen) atoms. The Hall–Kier alpha value is -1.69. The van der Waals surface area contributed by atoms with Crippen LogP contribution in [0.3, 0.4) is 0 Å². The van der Waals surface area contributed by atoms with Crippen LogP contribution in [-0.2, 0) is 0 Å². The minimum Gasteiger partial charge on any atom is -0.465 e. The lowest BCUT2D eigenvalue weighted by molar-refractivity contribution is 0.123. The van der Waals surface area contributed by atoms with E-state index in [0.717, 1.165) is 12.1 Å². The Morgan fingerprint density at radius 2 is 1.80 bits per heavy atom. The van der Waals surface area contributed by atoms with Crippen molar-refractivity contribution in [2.45, 2.75) is 38.8 Å². The fourth-order valence-corrected chi connectivity index (χ4v) is 2.32. The summed E-state index contributed by atoms with van der Waals surface area (Å²) in [4.78, 5) is 10.9. The van der Waals surface area contributed by atoms with Crippen molar-refractivity contribution in [1.82, 2.24) is 5.32 Å². The summed E-state index contributed by atoms with van der Waals surface area (Å²) in [5.41, 5.74) is 0.353. The molecule has 0 aromatic heterocycles. The minimum absolute atomic E-state index is 0.126. The van der Waals surface area contributed by atoms with E-state index in [1.165, 1.54) is 13.0 Å². The number of benzene rings is 1. The number of rotatable bonds is 5. The van der Waals surface area contributed by atoms with Crippen LogP contribution in [0.5, 0.6) is 0 Å². The standard InChI is InChI=1S/C14H19F2NO3/c1-7(2)13(17-14(19)20)12(8(3)18)9-4-5-10(15)11(16)6-9/h4-8,12-13,17-18H,1-3H3,(H,19,20). The van der Waals surface area contributed by atoms with E-state index in [0.29, 0.717) is 5.56 Å². The van der Waals surface area contributed by atoms with Gasteiger partial charge in [0.15, 0.2) is 11.6 Å². The second kappa shape index (κ2) is 6.65. The highest BCUT2D eigenvalue weighted by Gasteiger charge is 2.31. The van der Waals surface area contributed by atoms with Gasteiger partial charge in [-0.1, -0.05) is 19.9 Å². The molecule has 0 heterocycles. The van der Waals surface area contributed by atoms with Crippen LogP contribution in [-0.4, -0.2) is 28.5 Å². The highest BCUT2D eigenvalue weighted by atomic mass is 19.2. The Kier molecular flexibility index (Phi) is 5.44. The van der Waals surface area contributed by atoms with Crippen LogP contribution < -0.4 is 5.32 Å². The second-order valence-corrected chi connectivity index (χ2v) is 5.16. The lowest BCUT2D eigenvalue weighted by atomic mass is 9.81. The van der Waals surface area contributed by atoms with Gasteiger partial charge < -0.3 is 15.5 Å². The fourth-order valence-electron chi connectivity index (χ4n) is 2.32. The zero-order chi connectivity index (χ0) is 15.4. The van der Waals surface area contributed by atoms with Crippen molar-refractivity contribution >= 4 is 6.09 Å². The number of aliphatic hydroxyl groups is 1. The van der Waals surface area contributed by atoms with Crippen molar-refractivity contribution in [1.29, 1.82) is 0 Å². The molecule has 0 spiro atoms. The van der Waals surface area contributed by atoms with Gasteiger partial charge in [-0.2, -0.15) is 0 Å². The molecule has 0 fully saturated rings. The zero-order valence-corrected chi connectivity index (χ0v) is 11.6. The van der Waals surface area contributed by atoms with Crippen LogP contribution in [0.2, 0.25) is 0 Å². The number of halogens is 2. The second-order valence-electron chi connectivity index (χ2n) is 5.16. The predicted molar refractivity (Wildman–Crippen MR) is 70.6 cm³/mol. The number of aliphatic hydroxyl groups excluding tert-OH is 1. The number of carboxylic acid groups (broad SMARTS) is 1. The number of nitrogens with one attached hydrogen (secondary N) is 1. The SMILES string of the molecule is CC(C)C(NC(=O)O)C(c1ccc(F)c(F)c1)C(C)O. The van der Waals surface area contributed by atoms with E-state index in [-0.39, 0.29) is 5.92 Å². The fraction of sp³-hybridized carbons (Fsp3) is 0.500. The smallest absolute Gasteiger partial charge is 0.404 e. The van der Waals surface area contributed by atoms with Gasteiger partial charge in [0.1, 0.15) is 0 Å². The third-order valence-corrected chi connectivity index (χ3v) is 3.24. The molecule has 3 N–H and O–H groups in total. The number of hydrogen-bond donors (Lipinski definition) is 3. The first kappa shape index (κ1) is 16.4. The Bertz CT molecular complexity index is 477. The van der Waals surface area contributed by atoms with Crippen LogP contribution >= 0.6 is 0 Å². The molecule has 0 saturated carbocycles. The summed E-state index contributed by atoms with van der Waals surface area (Å²) in [5.74, 6) is -2.80. The third-order valence-electron chi connectivity index (χ3n) is 3.24. The Labute approximate surface area is 116 Å². The largest absolute Gasteiger partial charge is 0.465 e. The molecule has 0 radical (unpaired) electrons. The van der Waals surface area contributed by atoms with E-state index in [1.807, 2.05) is 0 Å². The van der Waals surface area contributed by atoms with E-state index in [9.17, 15) is 18.7 Å². The van der Waals surface area contributed by atoms with Crippen LogP contribution in [0.4, 0.5) is 13.6 Å². The van der Waals surface area contributed by atoms with Crippen LogP contribution in [0, 0.1) is 17.6 Å². The van der Waals surface area contributed by atoms with Crippen molar-refractivity contribution in [2.75, 3.05) is 0 Å². The van der Waals surface area contributed by atoms with Crippen LogP contribution in [0.1, 0.15) is 32.3 Å². The maximum atomic E-state index is 13.3. The highest BCUT2D eigenvalue weighted by Crippen LogP contribution is 2.29. The quantitative estimate of drug-likeness (QED) is 0.780. The first-order chi connectivity index (χ1) is 9.23. The van der Waals surface area contributed by atoms with Gasteiger partial charge in [-0.25, -0.2) is 13.6 Å².